The number of rotatable bonds is 8. The Morgan fingerprint density at radius 1 is 0.867 bits per heavy atom. The van der Waals surface area contributed by atoms with Crippen LogP contribution in [0.5, 0.6) is 0 Å². The Morgan fingerprint density at radius 2 is 1.27 bits per heavy atom. The van der Waals surface area contributed by atoms with Crippen molar-refractivity contribution in [2.24, 2.45) is 0 Å². The lowest BCUT2D eigenvalue weighted by molar-refractivity contribution is -0.119. The summed E-state index contributed by atoms with van der Waals surface area (Å²) < 4.78 is 5.31. The van der Waals surface area contributed by atoms with E-state index in [0.717, 1.165) is 0 Å². The molecule has 0 spiro atoms. The fourth-order valence-corrected chi connectivity index (χ4v) is 7.19. The van der Waals surface area contributed by atoms with Crippen LogP contribution in [0.3, 0.4) is 0 Å². The summed E-state index contributed by atoms with van der Waals surface area (Å²) in [5, 5.41) is 0. The highest BCUT2D eigenvalue weighted by atomic mass is 33.8. The molecule has 0 aromatic heterocycles. The minimum atomic E-state index is 0.0186. The molecule has 2 amide bonds. The number of nitrogens with one attached hydrogen (secondary N) is 2. The van der Waals surface area contributed by atoms with Crippen molar-refractivity contribution in [1.29, 1.82) is 0 Å². The molecule has 0 rings (SSSR count). The quantitative estimate of drug-likeness (QED) is 0.406. The molecule has 0 bridgehead atoms. The largest absolute Gasteiger partial charge is 0.290 e. The maximum Gasteiger partial charge on any atom is 0.230 e. The monoisotopic (exact) mass is 304 g/mol. The predicted molar refractivity (Wildman–Crippen MR) is 74.8 cm³/mol. The average Bonchev–Trinajstić information content (AvgIpc) is 2.26. The zero-order chi connectivity index (χ0) is 11.5. The van der Waals surface area contributed by atoms with Gasteiger partial charge in [0, 0.05) is 64.3 Å². The maximum atomic E-state index is 10.8. The van der Waals surface area contributed by atoms with E-state index in [1.165, 1.54) is 51.4 Å². The summed E-state index contributed by atoms with van der Waals surface area (Å²) in [5.41, 5.74) is 0. The number of amides is 2. The first-order valence-electron chi connectivity index (χ1n) is 4.10. The van der Waals surface area contributed by atoms with Gasteiger partial charge in [0.05, 0.1) is 0 Å². The van der Waals surface area contributed by atoms with E-state index in [2.05, 4.69) is 9.44 Å². The Labute approximate surface area is 108 Å². The lowest BCUT2D eigenvalue weighted by Gasteiger charge is -2.01. The van der Waals surface area contributed by atoms with Crippen molar-refractivity contribution in [1.82, 2.24) is 9.44 Å². The van der Waals surface area contributed by atoms with Crippen molar-refractivity contribution < 1.29 is 9.59 Å². The summed E-state index contributed by atoms with van der Waals surface area (Å²) in [4.78, 5) is 21.6. The van der Waals surface area contributed by atoms with Gasteiger partial charge in [-0.2, -0.15) is 0 Å². The van der Waals surface area contributed by atoms with Gasteiger partial charge in [-0.05, 0) is 0 Å². The topological polar surface area (TPSA) is 58.2 Å². The summed E-state index contributed by atoms with van der Waals surface area (Å²) in [6.45, 7) is 3.61. The molecule has 88 valence electrons. The van der Waals surface area contributed by atoms with Crippen LogP contribution in [0.2, 0.25) is 0 Å². The summed E-state index contributed by atoms with van der Waals surface area (Å²) in [6.07, 6.45) is 0.985. The molecule has 0 saturated carbocycles. The highest BCUT2D eigenvalue weighted by Crippen LogP contribution is 2.46. The number of hydrogen-bond donors (Lipinski definition) is 2. The van der Waals surface area contributed by atoms with Gasteiger partial charge in [-0.1, -0.05) is 13.8 Å². The van der Waals surface area contributed by atoms with E-state index in [1.807, 2.05) is 0 Å². The molecule has 0 saturated heterocycles. The molecular formula is C6H12N2O2S5. The van der Waals surface area contributed by atoms with Crippen molar-refractivity contribution >= 4 is 63.3 Å². The zero-order valence-corrected chi connectivity index (χ0v) is 12.4. The van der Waals surface area contributed by atoms with Gasteiger partial charge >= 0.3 is 0 Å². The maximum absolute atomic E-state index is 10.8. The molecule has 15 heavy (non-hydrogen) atoms. The Balaban J connectivity index is 3.11. The number of carbonyl (C=O) groups excluding carboxylic acids is 2. The second kappa shape index (κ2) is 11.2. The van der Waals surface area contributed by atoms with Crippen LogP contribution in [0.25, 0.3) is 0 Å². The van der Waals surface area contributed by atoms with Crippen LogP contribution < -0.4 is 9.44 Å². The molecule has 0 aromatic rings. The van der Waals surface area contributed by atoms with E-state index < -0.39 is 0 Å². The minimum absolute atomic E-state index is 0.0186. The van der Waals surface area contributed by atoms with Crippen molar-refractivity contribution in [2.75, 3.05) is 0 Å². The molecular weight excluding hydrogens is 292 g/mol. The van der Waals surface area contributed by atoms with E-state index in [1.54, 1.807) is 13.8 Å². The predicted octanol–water partition coefficient (Wildman–Crippen LogP) is 3.19. The second-order valence-corrected chi connectivity index (χ2v) is 9.18. The van der Waals surface area contributed by atoms with Crippen LogP contribution >= 0.6 is 51.4 Å². The third-order valence-electron chi connectivity index (χ3n) is 1.08. The van der Waals surface area contributed by atoms with E-state index in [0.29, 0.717) is 12.8 Å². The molecule has 0 radical (unpaired) electrons. The van der Waals surface area contributed by atoms with Crippen molar-refractivity contribution in [3.63, 3.8) is 0 Å². The highest BCUT2D eigenvalue weighted by Gasteiger charge is 1.99. The Hall–Kier alpha value is 0.690. The fraction of sp³-hybridized carbons (Fsp3) is 0.667. The Kier molecular flexibility index (Phi) is 11.7. The second-order valence-electron chi connectivity index (χ2n) is 2.13. The van der Waals surface area contributed by atoms with Crippen molar-refractivity contribution in [3.05, 3.63) is 0 Å². The first kappa shape index (κ1) is 15.7. The first-order valence-corrected chi connectivity index (χ1v) is 10.3. The van der Waals surface area contributed by atoms with Gasteiger partial charge in [0.2, 0.25) is 11.8 Å². The first-order chi connectivity index (χ1) is 7.20. The van der Waals surface area contributed by atoms with Gasteiger partial charge in [0.1, 0.15) is 0 Å². The lowest BCUT2D eigenvalue weighted by atomic mass is 10.5. The van der Waals surface area contributed by atoms with Gasteiger partial charge in [-0.3, -0.25) is 19.0 Å². The molecule has 0 aliphatic rings. The van der Waals surface area contributed by atoms with Crippen LogP contribution in [0.15, 0.2) is 0 Å². The van der Waals surface area contributed by atoms with Gasteiger partial charge < -0.3 is 0 Å². The van der Waals surface area contributed by atoms with Crippen molar-refractivity contribution in [2.45, 2.75) is 26.7 Å². The minimum Gasteiger partial charge on any atom is -0.290 e. The Morgan fingerprint density at radius 3 is 1.60 bits per heavy atom. The van der Waals surface area contributed by atoms with E-state index in [4.69, 9.17) is 0 Å². The molecule has 0 aliphatic heterocycles. The standard InChI is InChI=1S/C6H12N2O2S5/c1-3-5(9)7-11-13-15-14-12-8-6(10)4-2/h3-4H2,1-2H3,(H,7,9)(H,8,10). The van der Waals surface area contributed by atoms with E-state index in [9.17, 15) is 9.59 Å². The van der Waals surface area contributed by atoms with Crippen LogP contribution in [0.1, 0.15) is 26.7 Å². The highest BCUT2D eigenvalue weighted by molar-refractivity contribution is 9.35. The summed E-state index contributed by atoms with van der Waals surface area (Å²) in [7, 11) is 6.95. The molecule has 0 fully saturated rings. The van der Waals surface area contributed by atoms with Gasteiger partial charge in [0.15, 0.2) is 0 Å². The third kappa shape index (κ3) is 11.0. The third-order valence-corrected chi connectivity index (χ3v) is 8.41. The zero-order valence-electron chi connectivity index (χ0n) is 8.27. The molecule has 0 unspecified atom stereocenters. The van der Waals surface area contributed by atoms with E-state index >= 15 is 0 Å². The van der Waals surface area contributed by atoms with Crippen molar-refractivity contribution in [3.8, 4) is 0 Å². The molecule has 0 atom stereocenters. The molecule has 9 heteroatoms. The normalized spacial score (nSPS) is 9.73. The number of carbonyl (C=O) groups is 2. The van der Waals surface area contributed by atoms with Gasteiger partial charge in [-0.25, -0.2) is 0 Å². The molecule has 2 N–H and O–H groups in total. The van der Waals surface area contributed by atoms with Gasteiger partial charge in [0.25, 0.3) is 0 Å². The molecule has 0 aliphatic carbocycles. The van der Waals surface area contributed by atoms with Crippen LogP contribution in [-0.4, -0.2) is 11.8 Å². The summed E-state index contributed by atoms with van der Waals surface area (Å²) in [5.74, 6) is 0.0371. The fourth-order valence-electron chi connectivity index (χ4n) is 0.310. The lowest BCUT2D eigenvalue weighted by Crippen LogP contribution is -2.12. The van der Waals surface area contributed by atoms with Crippen LogP contribution in [0, 0.1) is 0 Å². The molecule has 4 nitrogen and oxygen atoms in total. The SMILES string of the molecule is CCC(=O)NSSSSSNC(=O)CC. The molecule has 0 aromatic carbocycles. The van der Waals surface area contributed by atoms with Crippen LogP contribution in [-0.2, 0) is 9.59 Å². The average molecular weight is 305 g/mol. The van der Waals surface area contributed by atoms with E-state index in [-0.39, 0.29) is 11.8 Å². The summed E-state index contributed by atoms with van der Waals surface area (Å²) >= 11 is 0. The number of hydrogen-bond acceptors (Lipinski definition) is 7. The Bertz CT molecular complexity index is 184. The summed E-state index contributed by atoms with van der Waals surface area (Å²) in [6, 6.07) is 0. The van der Waals surface area contributed by atoms with Gasteiger partial charge in [-0.15, -0.1) is 0 Å². The van der Waals surface area contributed by atoms with Crippen LogP contribution in [0.4, 0.5) is 0 Å². The smallest absolute Gasteiger partial charge is 0.230 e. The molecule has 0 heterocycles.